The van der Waals surface area contributed by atoms with Crippen LogP contribution >= 0.6 is 11.8 Å². The number of aromatic nitrogens is 2. The summed E-state index contributed by atoms with van der Waals surface area (Å²) in [6.07, 6.45) is -0.00714. The predicted octanol–water partition coefficient (Wildman–Crippen LogP) is 0.179. The maximum atomic E-state index is 12.0. The molecule has 1 saturated heterocycles. The Balaban J connectivity index is 2.23. The van der Waals surface area contributed by atoms with Crippen LogP contribution in [-0.2, 0) is 4.79 Å². The van der Waals surface area contributed by atoms with Crippen LogP contribution < -0.4 is 21.9 Å². The Morgan fingerprint density at radius 1 is 1.48 bits per heavy atom. The van der Waals surface area contributed by atoms with Crippen molar-refractivity contribution in [2.75, 3.05) is 23.0 Å². The van der Waals surface area contributed by atoms with E-state index >= 15 is 0 Å². The third kappa shape index (κ3) is 4.25. The molecule has 2 heterocycles. The van der Waals surface area contributed by atoms with Crippen LogP contribution in [0.5, 0.6) is 0 Å². The fraction of sp³-hybridized carbons (Fsp3) is 0.667. The molecule has 4 atom stereocenters. The van der Waals surface area contributed by atoms with Crippen LogP contribution in [0, 0.1) is 11.8 Å². The predicted molar refractivity (Wildman–Crippen MR) is 98.4 cm³/mol. The molecule has 1 aromatic heterocycles. The summed E-state index contributed by atoms with van der Waals surface area (Å²) in [4.78, 5) is 30.3. The van der Waals surface area contributed by atoms with Crippen molar-refractivity contribution in [2.24, 2.45) is 11.8 Å². The van der Waals surface area contributed by atoms with Gasteiger partial charge < -0.3 is 21.3 Å². The van der Waals surface area contributed by atoms with E-state index in [9.17, 15) is 19.8 Å². The van der Waals surface area contributed by atoms with Crippen LogP contribution in [0.25, 0.3) is 0 Å². The summed E-state index contributed by atoms with van der Waals surface area (Å²) in [6.45, 7) is 5.33. The number of aliphatic hydroxyl groups is 2. The number of hydrogen-bond donors (Lipinski definition) is 6. The fourth-order valence-corrected chi connectivity index (χ4v) is 4.22. The van der Waals surface area contributed by atoms with Gasteiger partial charge in [0.2, 0.25) is 11.9 Å². The average Bonchev–Trinajstić information content (AvgIpc) is 2.87. The van der Waals surface area contributed by atoms with Crippen LogP contribution in [-0.4, -0.2) is 49.4 Å². The van der Waals surface area contributed by atoms with E-state index in [0.29, 0.717) is 6.42 Å². The van der Waals surface area contributed by atoms with E-state index < -0.39 is 17.0 Å². The summed E-state index contributed by atoms with van der Waals surface area (Å²) in [5.41, 5.74) is 5.07. The highest BCUT2D eigenvalue weighted by atomic mass is 32.2. The summed E-state index contributed by atoms with van der Waals surface area (Å²) in [5.74, 6) is -0.560. The first-order valence-corrected chi connectivity index (χ1v) is 9.14. The van der Waals surface area contributed by atoms with Crippen molar-refractivity contribution in [3.63, 3.8) is 0 Å². The second-order valence-corrected chi connectivity index (χ2v) is 7.69. The van der Waals surface area contributed by atoms with Crippen molar-refractivity contribution in [2.45, 2.75) is 43.9 Å². The van der Waals surface area contributed by atoms with E-state index in [0.717, 1.165) is 0 Å². The van der Waals surface area contributed by atoms with Gasteiger partial charge in [0.15, 0.2) is 5.82 Å². The molecule has 1 aliphatic heterocycles. The smallest absolute Gasteiger partial charge is 0.277 e. The molecule has 140 valence electrons. The molecule has 2 unspecified atom stereocenters. The van der Waals surface area contributed by atoms with Crippen molar-refractivity contribution in [3.05, 3.63) is 10.4 Å². The van der Waals surface area contributed by atoms with Crippen molar-refractivity contribution >= 4 is 35.1 Å². The molecular formula is C15H25N5O4S. The summed E-state index contributed by atoms with van der Waals surface area (Å²) >= 11 is 1.38. The number of amides is 1. The lowest BCUT2D eigenvalue weighted by Crippen LogP contribution is -2.33. The number of anilines is 3. The first kappa shape index (κ1) is 19.5. The van der Waals surface area contributed by atoms with E-state index in [4.69, 9.17) is 5.73 Å². The molecule has 0 aromatic carbocycles. The minimum atomic E-state index is -0.721. The number of nitrogens with zero attached hydrogens (tertiary/aromatic N) is 1. The molecule has 0 aliphatic carbocycles. The largest absolute Gasteiger partial charge is 0.395 e. The lowest BCUT2D eigenvalue weighted by atomic mass is 9.96. The molecule has 0 bridgehead atoms. The zero-order chi connectivity index (χ0) is 18.7. The number of thioether (sulfide) groups is 1. The molecular weight excluding hydrogens is 346 g/mol. The molecule has 25 heavy (non-hydrogen) atoms. The molecule has 1 aromatic rings. The lowest BCUT2D eigenvalue weighted by Gasteiger charge is -2.20. The van der Waals surface area contributed by atoms with Gasteiger partial charge in [0, 0.05) is 17.1 Å². The number of H-pyrrole nitrogens is 1. The van der Waals surface area contributed by atoms with Crippen LogP contribution in [0.1, 0.15) is 27.2 Å². The molecule has 0 saturated carbocycles. The lowest BCUT2D eigenvalue weighted by molar-refractivity contribution is -0.118. The summed E-state index contributed by atoms with van der Waals surface area (Å²) in [6, 6.07) is 0. The molecule has 1 aliphatic rings. The Hall–Kier alpha value is -1.78. The van der Waals surface area contributed by atoms with Gasteiger partial charge in [-0.2, -0.15) is 4.98 Å². The van der Waals surface area contributed by atoms with E-state index in [2.05, 4.69) is 20.6 Å². The molecule has 9 nitrogen and oxygen atoms in total. The quantitative estimate of drug-likeness (QED) is 0.414. The number of rotatable bonds is 6. The van der Waals surface area contributed by atoms with E-state index in [1.807, 2.05) is 6.92 Å². The minimum Gasteiger partial charge on any atom is -0.395 e. The van der Waals surface area contributed by atoms with Crippen molar-refractivity contribution in [1.82, 2.24) is 9.97 Å². The number of nitrogens with two attached hydrogens (primary N) is 1. The zero-order valence-corrected chi connectivity index (χ0v) is 15.3. The van der Waals surface area contributed by atoms with Crippen molar-refractivity contribution in [1.29, 1.82) is 0 Å². The fourth-order valence-electron chi connectivity index (χ4n) is 2.66. The van der Waals surface area contributed by atoms with Gasteiger partial charge >= 0.3 is 0 Å². The number of nitrogen functional groups attached to an aromatic ring is 1. The van der Waals surface area contributed by atoms with Crippen LogP contribution in [0.3, 0.4) is 0 Å². The Kier molecular flexibility index (Phi) is 6.31. The number of carbonyl (C=O) groups excluding carboxylic acids is 1. The summed E-state index contributed by atoms with van der Waals surface area (Å²) in [5, 5.41) is 24.8. The Morgan fingerprint density at radius 3 is 2.68 bits per heavy atom. The minimum absolute atomic E-state index is 0.0105. The van der Waals surface area contributed by atoms with E-state index in [1.54, 1.807) is 13.8 Å². The molecule has 0 radical (unpaired) electrons. The Bertz CT molecular complexity index is 680. The first-order valence-electron chi connectivity index (χ1n) is 8.20. The molecule has 7 N–H and O–H groups in total. The molecule has 0 spiro atoms. The average molecular weight is 371 g/mol. The number of hydrogen-bond acceptors (Lipinski definition) is 8. The maximum Gasteiger partial charge on any atom is 0.277 e. The van der Waals surface area contributed by atoms with Gasteiger partial charge in [-0.25, -0.2) is 0 Å². The Labute approximate surface area is 149 Å². The van der Waals surface area contributed by atoms with Crippen LogP contribution in [0.4, 0.5) is 17.5 Å². The first-order chi connectivity index (χ1) is 11.8. The van der Waals surface area contributed by atoms with Gasteiger partial charge in [-0.05, 0) is 6.42 Å². The van der Waals surface area contributed by atoms with Crippen molar-refractivity contribution < 1.29 is 15.0 Å². The maximum absolute atomic E-state index is 12.0. The number of aliphatic hydroxyl groups excluding tert-OH is 2. The Morgan fingerprint density at radius 2 is 2.16 bits per heavy atom. The highest BCUT2D eigenvalue weighted by Gasteiger charge is 2.42. The molecule has 2 rings (SSSR count). The van der Waals surface area contributed by atoms with E-state index in [1.165, 1.54) is 11.8 Å². The van der Waals surface area contributed by atoms with Gasteiger partial charge in [0.1, 0.15) is 11.1 Å². The van der Waals surface area contributed by atoms with Crippen LogP contribution in [0.15, 0.2) is 4.79 Å². The van der Waals surface area contributed by atoms with Gasteiger partial charge in [-0.3, -0.25) is 19.9 Å². The normalized spacial score (nSPS) is 26.0. The molecule has 1 amide bonds. The topological polar surface area (TPSA) is 153 Å². The monoisotopic (exact) mass is 371 g/mol. The second-order valence-electron chi connectivity index (χ2n) is 6.31. The standard InChI is InChI=1S/C15H25N5O4S/c1-4-7-8(5-21)25-14(10(7)22)17-11-9(16)13(24)20-15(18-11)19-12(23)6(2)3/h6-8,10,14,21-22H,4-5,16H2,1-3H3,(H3,17,18,19,20,23,24)/t7?,8-,10?,14-/m1/s1. The third-order valence-corrected chi connectivity index (χ3v) is 5.74. The molecule has 1 fully saturated rings. The number of nitrogens with one attached hydrogen (secondary N) is 3. The van der Waals surface area contributed by atoms with Crippen molar-refractivity contribution in [3.8, 4) is 0 Å². The van der Waals surface area contributed by atoms with Crippen LogP contribution in [0.2, 0.25) is 0 Å². The molecule has 10 heteroatoms. The number of carbonyl (C=O) groups is 1. The highest BCUT2D eigenvalue weighted by Crippen LogP contribution is 2.40. The second kappa shape index (κ2) is 8.07. The highest BCUT2D eigenvalue weighted by molar-refractivity contribution is 8.01. The number of aromatic amines is 1. The van der Waals surface area contributed by atoms with Gasteiger partial charge in [-0.15, -0.1) is 11.8 Å². The van der Waals surface area contributed by atoms with Gasteiger partial charge in [-0.1, -0.05) is 20.8 Å². The van der Waals surface area contributed by atoms with E-state index in [-0.39, 0.29) is 47.1 Å². The zero-order valence-electron chi connectivity index (χ0n) is 14.4. The van der Waals surface area contributed by atoms with Gasteiger partial charge in [0.05, 0.1) is 12.7 Å². The SMILES string of the molecule is CCC1C(O)[C@H](Nc2nc(NC(=O)C(C)C)[nH]c(=O)c2N)S[C@@H]1CO. The third-order valence-electron chi connectivity index (χ3n) is 4.20. The van der Waals surface area contributed by atoms with Gasteiger partial charge in [0.25, 0.3) is 5.56 Å². The summed E-state index contributed by atoms with van der Waals surface area (Å²) in [7, 11) is 0. The summed E-state index contributed by atoms with van der Waals surface area (Å²) < 4.78 is 0.